The zero-order valence-corrected chi connectivity index (χ0v) is 13.0. The summed E-state index contributed by atoms with van der Waals surface area (Å²) >= 11 is 0. The quantitative estimate of drug-likeness (QED) is 0.852. The van der Waals surface area contributed by atoms with E-state index in [2.05, 4.69) is 0 Å². The Morgan fingerprint density at radius 3 is 2.00 bits per heavy atom. The van der Waals surface area contributed by atoms with Crippen molar-refractivity contribution in [3.63, 3.8) is 0 Å². The topological polar surface area (TPSA) is 47.9 Å². The molecule has 1 aromatic rings. The van der Waals surface area contributed by atoms with Crippen LogP contribution in [0.4, 0.5) is 13.2 Å². The average molecular weight is 318 g/mol. The Hall–Kier alpha value is -1.41. The van der Waals surface area contributed by atoms with Crippen LogP contribution >= 0.6 is 0 Å². The van der Waals surface area contributed by atoms with Gasteiger partial charge in [0.15, 0.2) is 0 Å². The van der Waals surface area contributed by atoms with Crippen molar-refractivity contribution in [3.05, 3.63) is 17.7 Å². The SMILES string of the molecule is COc1cc(C(F)(F)F)cc(O)c1B1OC(C)(C)C(C)(C)O1. The molecule has 0 atom stereocenters. The normalized spacial score (nSPS) is 20.3. The van der Waals surface area contributed by atoms with E-state index in [1.54, 1.807) is 27.7 Å². The molecule has 0 aromatic heterocycles. The predicted octanol–water partition coefficient (Wildman–Crippen LogP) is 2.72. The number of aromatic hydroxyl groups is 1. The molecule has 0 aliphatic carbocycles. The highest BCUT2D eigenvalue weighted by Gasteiger charge is 2.53. The Balaban J connectivity index is 2.49. The molecule has 22 heavy (non-hydrogen) atoms. The van der Waals surface area contributed by atoms with Crippen molar-refractivity contribution >= 4 is 12.6 Å². The van der Waals surface area contributed by atoms with Gasteiger partial charge in [-0.05, 0) is 39.8 Å². The van der Waals surface area contributed by atoms with Crippen molar-refractivity contribution in [1.82, 2.24) is 0 Å². The number of benzene rings is 1. The lowest BCUT2D eigenvalue weighted by Gasteiger charge is -2.32. The lowest BCUT2D eigenvalue weighted by Crippen LogP contribution is -2.41. The van der Waals surface area contributed by atoms with Crippen molar-refractivity contribution in [2.75, 3.05) is 7.11 Å². The van der Waals surface area contributed by atoms with Gasteiger partial charge in [-0.3, -0.25) is 0 Å². The molecule has 1 heterocycles. The number of alkyl halides is 3. The summed E-state index contributed by atoms with van der Waals surface area (Å²) in [5, 5.41) is 10.0. The van der Waals surface area contributed by atoms with Crippen LogP contribution in [0.3, 0.4) is 0 Å². The van der Waals surface area contributed by atoms with Gasteiger partial charge in [0.2, 0.25) is 0 Å². The first kappa shape index (κ1) is 17.0. The second-order valence-corrected chi connectivity index (χ2v) is 6.20. The predicted molar refractivity (Wildman–Crippen MR) is 75.4 cm³/mol. The van der Waals surface area contributed by atoms with Crippen LogP contribution < -0.4 is 10.2 Å². The van der Waals surface area contributed by atoms with Gasteiger partial charge in [0, 0.05) is 0 Å². The van der Waals surface area contributed by atoms with Crippen molar-refractivity contribution in [2.24, 2.45) is 0 Å². The maximum atomic E-state index is 12.8. The Morgan fingerprint density at radius 1 is 1.09 bits per heavy atom. The maximum Gasteiger partial charge on any atom is 0.502 e. The van der Waals surface area contributed by atoms with Gasteiger partial charge < -0.3 is 19.2 Å². The monoisotopic (exact) mass is 318 g/mol. The molecule has 122 valence electrons. The minimum absolute atomic E-state index is 0.0501. The summed E-state index contributed by atoms with van der Waals surface area (Å²) in [5.41, 5.74) is -2.31. The third-order valence-corrected chi connectivity index (χ3v) is 4.16. The van der Waals surface area contributed by atoms with Crippen molar-refractivity contribution in [3.8, 4) is 11.5 Å². The van der Waals surface area contributed by atoms with Gasteiger partial charge in [-0.1, -0.05) is 0 Å². The molecule has 0 saturated carbocycles. The van der Waals surface area contributed by atoms with E-state index < -0.39 is 35.8 Å². The summed E-state index contributed by atoms with van der Waals surface area (Å²) in [7, 11) is 0.214. The molecule has 1 N–H and O–H groups in total. The van der Waals surface area contributed by atoms with Crippen LogP contribution in [0.1, 0.15) is 33.3 Å². The Kier molecular flexibility index (Phi) is 3.90. The fourth-order valence-electron chi connectivity index (χ4n) is 2.14. The van der Waals surface area contributed by atoms with E-state index in [4.69, 9.17) is 14.0 Å². The number of methoxy groups -OCH3 is 1. The van der Waals surface area contributed by atoms with Crippen LogP contribution in [-0.2, 0) is 15.5 Å². The van der Waals surface area contributed by atoms with E-state index in [1.807, 2.05) is 0 Å². The summed E-state index contributed by atoms with van der Waals surface area (Å²) in [4.78, 5) is 0. The van der Waals surface area contributed by atoms with E-state index in [0.29, 0.717) is 6.07 Å². The molecular weight excluding hydrogens is 300 g/mol. The molecule has 8 heteroatoms. The van der Waals surface area contributed by atoms with Crippen LogP contribution in [0, 0.1) is 0 Å². The van der Waals surface area contributed by atoms with E-state index >= 15 is 0 Å². The molecule has 0 unspecified atom stereocenters. The second-order valence-electron chi connectivity index (χ2n) is 6.20. The fraction of sp³-hybridized carbons (Fsp3) is 0.571. The largest absolute Gasteiger partial charge is 0.508 e. The molecule has 1 saturated heterocycles. The Morgan fingerprint density at radius 2 is 1.59 bits per heavy atom. The van der Waals surface area contributed by atoms with Gasteiger partial charge in [-0.2, -0.15) is 13.2 Å². The van der Waals surface area contributed by atoms with Crippen molar-refractivity contribution < 1.29 is 32.3 Å². The fourth-order valence-corrected chi connectivity index (χ4v) is 2.14. The first-order valence-electron chi connectivity index (χ1n) is 6.73. The van der Waals surface area contributed by atoms with Gasteiger partial charge in [0.1, 0.15) is 11.5 Å². The molecule has 4 nitrogen and oxygen atoms in total. The smallest absolute Gasteiger partial charge is 0.502 e. The number of rotatable bonds is 2. The summed E-state index contributed by atoms with van der Waals surface area (Å²) in [5.74, 6) is -0.712. The summed E-state index contributed by atoms with van der Waals surface area (Å²) in [6.07, 6.45) is -4.58. The third-order valence-electron chi connectivity index (χ3n) is 4.16. The standard InChI is InChI=1S/C14H18BF3O4/c1-12(2)13(3,4)22-15(21-12)11-9(19)6-8(14(16,17)18)7-10(11)20-5/h6-7,19H,1-5H3. The highest BCUT2D eigenvalue weighted by molar-refractivity contribution is 6.64. The number of phenols is 1. The average Bonchev–Trinajstić information content (AvgIpc) is 2.55. The van der Waals surface area contributed by atoms with Crippen molar-refractivity contribution in [1.29, 1.82) is 0 Å². The van der Waals surface area contributed by atoms with E-state index in [1.165, 1.54) is 7.11 Å². The Labute approximate surface area is 127 Å². The van der Waals surface area contributed by atoms with Gasteiger partial charge in [-0.25, -0.2) is 0 Å². The maximum absolute atomic E-state index is 12.8. The molecule has 1 aromatic carbocycles. The van der Waals surface area contributed by atoms with Gasteiger partial charge >= 0.3 is 13.3 Å². The number of hydrogen-bond donors (Lipinski definition) is 1. The molecule has 1 aliphatic rings. The van der Waals surface area contributed by atoms with E-state index in [0.717, 1.165) is 6.07 Å². The molecular formula is C14H18BF3O4. The summed E-state index contributed by atoms with van der Waals surface area (Å²) in [6.45, 7) is 7.22. The highest BCUT2D eigenvalue weighted by Crippen LogP contribution is 2.39. The van der Waals surface area contributed by atoms with Crippen molar-refractivity contribution in [2.45, 2.75) is 45.1 Å². The van der Waals surface area contributed by atoms with Gasteiger partial charge in [0.05, 0.1) is 29.3 Å². The minimum atomic E-state index is -4.58. The third kappa shape index (κ3) is 2.77. The molecule has 2 rings (SSSR count). The van der Waals surface area contributed by atoms with E-state index in [9.17, 15) is 18.3 Å². The lowest BCUT2D eigenvalue weighted by molar-refractivity contribution is -0.137. The molecule has 1 aliphatic heterocycles. The van der Waals surface area contributed by atoms with Crippen LogP contribution in [-0.4, -0.2) is 30.5 Å². The highest BCUT2D eigenvalue weighted by atomic mass is 19.4. The van der Waals surface area contributed by atoms with Crippen LogP contribution in [0.25, 0.3) is 0 Å². The number of ether oxygens (including phenoxy) is 1. The molecule has 0 amide bonds. The first-order chi connectivity index (χ1) is 9.89. The Bertz CT molecular complexity index is 568. The van der Waals surface area contributed by atoms with Crippen LogP contribution in [0.15, 0.2) is 12.1 Å². The van der Waals surface area contributed by atoms with E-state index in [-0.39, 0.29) is 11.2 Å². The molecule has 1 fully saturated rings. The minimum Gasteiger partial charge on any atom is -0.508 e. The second kappa shape index (κ2) is 5.06. The molecule has 0 spiro atoms. The lowest BCUT2D eigenvalue weighted by atomic mass is 9.77. The molecule has 0 bridgehead atoms. The first-order valence-corrected chi connectivity index (χ1v) is 6.73. The zero-order chi connectivity index (χ0) is 16.9. The van der Waals surface area contributed by atoms with Gasteiger partial charge in [0.25, 0.3) is 0 Å². The number of halogens is 3. The number of hydrogen-bond acceptors (Lipinski definition) is 4. The zero-order valence-electron chi connectivity index (χ0n) is 13.0. The van der Waals surface area contributed by atoms with Crippen LogP contribution in [0.2, 0.25) is 0 Å². The molecule has 0 radical (unpaired) electrons. The summed E-state index contributed by atoms with van der Waals surface area (Å²) in [6, 6.07) is 1.46. The van der Waals surface area contributed by atoms with Gasteiger partial charge in [-0.15, -0.1) is 0 Å². The summed E-state index contributed by atoms with van der Waals surface area (Å²) < 4.78 is 54.9. The number of phenolic OH excluding ortho intramolecular Hbond substituents is 1. The van der Waals surface area contributed by atoms with Crippen LogP contribution in [0.5, 0.6) is 11.5 Å².